The van der Waals surface area contributed by atoms with Gasteiger partial charge < -0.3 is 20.1 Å². The highest BCUT2D eigenvalue weighted by Gasteiger charge is 2.14. The zero-order chi connectivity index (χ0) is 13.5. The van der Waals surface area contributed by atoms with Crippen LogP contribution in [0, 0.1) is 5.92 Å². The number of nitrogens with zero attached hydrogens (tertiary/aromatic N) is 2. The quantitative estimate of drug-likeness (QED) is 0.813. The van der Waals surface area contributed by atoms with E-state index < -0.39 is 0 Å². The molecule has 106 valence electrons. The number of aromatic nitrogens is 2. The van der Waals surface area contributed by atoms with Gasteiger partial charge in [-0.2, -0.15) is 0 Å². The first-order chi connectivity index (χ1) is 9.31. The molecule has 0 bridgehead atoms. The summed E-state index contributed by atoms with van der Waals surface area (Å²) < 4.78 is 10.4. The van der Waals surface area contributed by atoms with Crippen LogP contribution in [0.25, 0.3) is 0 Å². The molecule has 1 aromatic heterocycles. The van der Waals surface area contributed by atoms with Gasteiger partial charge in [-0.25, -0.2) is 9.97 Å². The SMILES string of the molecule is CNc1cc(NCC2CCOCC2)nc(COC)n1. The minimum atomic E-state index is 0.418. The van der Waals surface area contributed by atoms with E-state index in [1.54, 1.807) is 7.11 Å². The molecule has 0 unspecified atom stereocenters. The lowest BCUT2D eigenvalue weighted by Gasteiger charge is -2.22. The summed E-state index contributed by atoms with van der Waals surface area (Å²) in [5, 5.41) is 6.42. The van der Waals surface area contributed by atoms with E-state index in [1.165, 1.54) is 0 Å². The summed E-state index contributed by atoms with van der Waals surface area (Å²) in [6.45, 7) is 3.08. The molecule has 0 spiro atoms. The Kier molecular flexibility index (Phi) is 5.35. The number of anilines is 2. The highest BCUT2D eigenvalue weighted by molar-refractivity contribution is 5.47. The topological polar surface area (TPSA) is 68.3 Å². The van der Waals surface area contributed by atoms with Crippen LogP contribution in [-0.2, 0) is 16.1 Å². The highest BCUT2D eigenvalue weighted by atomic mass is 16.5. The van der Waals surface area contributed by atoms with Crippen molar-refractivity contribution < 1.29 is 9.47 Å². The molecule has 0 radical (unpaired) electrons. The molecule has 6 nitrogen and oxygen atoms in total. The van der Waals surface area contributed by atoms with Crippen LogP contribution in [0.5, 0.6) is 0 Å². The average molecular weight is 266 g/mol. The normalized spacial score (nSPS) is 16.3. The van der Waals surface area contributed by atoms with Crippen LogP contribution in [-0.4, -0.2) is 43.9 Å². The van der Waals surface area contributed by atoms with Crippen molar-refractivity contribution in [2.45, 2.75) is 19.4 Å². The van der Waals surface area contributed by atoms with E-state index in [0.29, 0.717) is 18.3 Å². The van der Waals surface area contributed by atoms with Gasteiger partial charge in [-0.3, -0.25) is 0 Å². The zero-order valence-electron chi connectivity index (χ0n) is 11.6. The van der Waals surface area contributed by atoms with Crippen LogP contribution < -0.4 is 10.6 Å². The fraction of sp³-hybridized carbons (Fsp3) is 0.692. The Morgan fingerprint density at radius 1 is 1.32 bits per heavy atom. The Balaban J connectivity index is 1.95. The van der Waals surface area contributed by atoms with E-state index >= 15 is 0 Å². The minimum Gasteiger partial charge on any atom is -0.381 e. The molecular weight excluding hydrogens is 244 g/mol. The lowest BCUT2D eigenvalue weighted by molar-refractivity contribution is 0.0699. The van der Waals surface area contributed by atoms with Gasteiger partial charge in [0.2, 0.25) is 0 Å². The van der Waals surface area contributed by atoms with Crippen LogP contribution in [0.4, 0.5) is 11.6 Å². The standard InChI is InChI=1S/C13H22N4O2/c1-14-11-7-12(17-13(16-11)9-18-2)15-8-10-3-5-19-6-4-10/h7,10H,3-6,8-9H2,1-2H3,(H2,14,15,16,17). The largest absolute Gasteiger partial charge is 0.381 e. The molecule has 1 aromatic rings. The maximum absolute atomic E-state index is 5.36. The van der Waals surface area contributed by atoms with Gasteiger partial charge in [-0.1, -0.05) is 0 Å². The number of methoxy groups -OCH3 is 1. The first-order valence-electron chi connectivity index (χ1n) is 6.68. The first-order valence-corrected chi connectivity index (χ1v) is 6.68. The van der Waals surface area contributed by atoms with Gasteiger partial charge in [-0.15, -0.1) is 0 Å². The maximum atomic E-state index is 5.36. The third kappa shape index (κ3) is 4.33. The van der Waals surface area contributed by atoms with Gasteiger partial charge in [0.15, 0.2) is 5.82 Å². The van der Waals surface area contributed by atoms with E-state index in [9.17, 15) is 0 Å². The fourth-order valence-electron chi connectivity index (χ4n) is 2.11. The van der Waals surface area contributed by atoms with Gasteiger partial charge in [0.1, 0.15) is 18.2 Å². The first kappa shape index (κ1) is 14.0. The predicted molar refractivity (Wildman–Crippen MR) is 74.3 cm³/mol. The van der Waals surface area contributed by atoms with Crippen LogP contribution in [0.2, 0.25) is 0 Å². The Morgan fingerprint density at radius 2 is 2.05 bits per heavy atom. The van der Waals surface area contributed by atoms with E-state index in [-0.39, 0.29) is 0 Å². The fourth-order valence-corrected chi connectivity index (χ4v) is 2.11. The van der Waals surface area contributed by atoms with Crippen LogP contribution in [0.15, 0.2) is 6.07 Å². The number of hydrogen-bond acceptors (Lipinski definition) is 6. The second kappa shape index (κ2) is 7.25. The van der Waals surface area contributed by atoms with Gasteiger partial charge in [0.25, 0.3) is 0 Å². The molecule has 19 heavy (non-hydrogen) atoms. The predicted octanol–water partition coefficient (Wildman–Crippen LogP) is 1.50. The summed E-state index contributed by atoms with van der Waals surface area (Å²) in [5.41, 5.74) is 0. The summed E-state index contributed by atoms with van der Waals surface area (Å²) in [4.78, 5) is 8.77. The van der Waals surface area contributed by atoms with E-state index in [4.69, 9.17) is 9.47 Å². The number of rotatable bonds is 6. The van der Waals surface area contributed by atoms with Gasteiger partial charge in [0, 0.05) is 40.0 Å². The van der Waals surface area contributed by atoms with Crippen molar-refractivity contribution in [1.29, 1.82) is 0 Å². The third-order valence-corrected chi connectivity index (χ3v) is 3.21. The summed E-state index contributed by atoms with van der Waals surface area (Å²) >= 11 is 0. The van der Waals surface area contributed by atoms with Crippen molar-refractivity contribution in [2.24, 2.45) is 5.92 Å². The van der Waals surface area contributed by atoms with Gasteiger partial charge in [0.05, 0.1) is 0 Å². The molecule has 0 aromatic carbocycles. The molecule has 1 aliphatic rings. The Bertz CT molecular complexity index is 394. The molecule has 1 aliphatic heterocycles. The molecule has 2 rings (SSSR count). The summed E-state index contributed by atoms with van der Waals surface area (Å²) in [6, 6.07) is 1.92. The van der Waals surface area contributed by atoms with Gasteiger partial charge >= 0.3 is 0 Å². The Hall–Kier alpha value is -1.40. The molecule has 1 fully saturated rings. The Morgan fingerprint density at radius 3 is 2.74 bits per heavy atom. The molecule has 6 heteroatoms. The monoisotopic (exact) mass is 266 g/mol. The van der Waals surface area contributed by atoms with Crippen molar-refractivity contribution >= 4 is 11.6 Å². The van der Waals surface area contributed by atoms with E-state index in [0.717, 1.165) is 44.2 Å². The number of ether oxygens (including phenoxy) is 2. The summed E-state index contributed by atoms with van der Waals surface area (Å²) in [6.07, 6.45) is 2.23. The molecule has 1 saturated heterocycles. The molecule has 2 heterocycles. The van der Waals surface area contributed by atoms with Crippen LogP contribution >= 0.6 is 0 Å². The zero-order valence-corrected chi connectivity index (χ0v) is 11.6. The lowest BCUT2D eigenvalue weighted by Crippen LogP contribution is -2.23. The smallest absolute Gasteiger partial charge is 0.158 e. The lowest BCUT2D eigenvalue weighted by atomic mass is 10.0. The third-order valence-electron chi connectivity index (χ3n) is 3.21. The van der Waals surface area contributed by atoms with E-state index in [2.05, 4.69) is 20.6 Å². The van der Waals surface area contributed by atoms with Crippen LogP contribution in [0.1, 0.15) is 18.7 Å². The molecule has 2 N–H and O–H groups in total. The molecule has 0 amide bonds. The van der Waals surface area contributed by atoms with Crippen molar-refractivity contribution in [3.8, 4) is 0 Å². The van der Waals surface area contributed by atoms with E-state index in [1.807, 2.05) is 13.1 Å². The van der Waals surface area contributed by atoms with Crippen molar-refractivity contribution in [2.75, 3.05) is 44.5 Å². The molecule has 0 atom stereocenters. The average Bonchev–Trinajstić information content (AvgIpc) is 2.46. The molecular formula is C13H22N4O2. The molecule has 0 saturated carbocycles. The minimum absolute atomic E-state index is 0.418. The summed E-state index contributed by atoms with van der Waals surface area (Å²) in [5.74, 6) is 2.99. The van der Waals surface area contributed by atoms with Crippen molar-refractivity contribution in [1.82, 2.24) is 9.97 Å². The molecule has 0 aliphatic carbocycles. The van der Waals surface area contributed by atoms with Crippen LogP contribution in [0.3, 0.4) is 0 Å². The number of hydrogen-bond donors (Lipinski definition) is 2. The maximum Gasteiger partial charge on any atom is 0.158 e. The number of nitrogens with one attached hydrogen (secondary N) is 2. The second-order valence-corrected chi connectivity index (χ2v) is 4.67. The second-order valence-electron chi connectivity index (χ2n) is 4.67. The highest BCUT2D eigenvalue weighted by Crippen LogP contribution is 2.17. The van der Waals surface area contributed by atoms with Gasteiger partial charge in [-0.05, 0) is 18.8 Å². The Labute approximate surface area is 113 Å². The van der Waals surface area contributed by atoms with Crippen molar-refractivity contribution in [3.63, 3.8) is 0 Å². The summed E-state index contributed by atoms with van der Waals surface area (Å²) in [7, 11) is 3.49. The van der Waals surface area contributed by atoms with Crippen molar-refractivity contribution in [3.05, 3.63) is 11.9 Å².